The number of amides is 1. The number of carbonyl (C=O) groups is 1. The van der Waals surface area contributed by atoms with Crippen LogP contribution in [0.3, 0.4) is 0 Å². The van der Waals surface area contributed by atoms with Crippen molar-refractivity contribution in [2.24, 2.45) is 0 Å². The second kappa shape index (κ2) is 8.21. The average molecular weight is 412 g/mol. The summed E-state index contributed by atoms with van der Waals surface area (Å²) in [5.41, 5.74) is 5.18. The SMILES string of the molecule is Cc1ccc2c(CC(=O)NCC3(c4ccc(Cl)cc4)CCOCC3)coc2c1C. The number of furan rings is 1. The molecule has 1 saturated heterocycles. The van der Waals surface area contributed by atoms with Crippen LogP contribution in [0.1, 0.15) is 35.1 Å². The molecule has 0 aliphatic carbocycles. The van der Waals surface area contributed by atoms with E-state index in [0.717, 1.165) is 40.0 Å². The van der Waals surface area contributed by atoms with Crippen LogP contribution >= 0.6 is 11.6 Å². The normalized spacial score (nSPS) is 16.1. The van der Waals surface area contributed by atoms with E-state index in [9.17, 15) is 4.79 Å². The maximum Gasteiger partial charge on any atom is 0.224 e. The largest absolute Gasteiger partial charge is 0.464 e. The van der Waals surface area contributed by atoms with Crippen molar-refractivity contribution in [3.05, 3.63) is 69.9 Å². The Kier molecular flexibility index (Phi) is 5.66. The van der Waals surface area contributed by atoms with Crippen LogP contribution < -0.4 is 5.32 Å². The number of halogens is 1. The molecule has 29 heavy (non-hydrogen) atoms. The van der Waals surface area contributed by atoms with Gasteiger partial charge < -0.3 is 14.5 Å². The quantitative estimate of drug-likeness (QED) is 0.634. The van der Waals surface area contributed by atoms with Crippen LogP contribution in [0.4, 0.5) is 0 Å². The second-order valence-corrected chi connectivity index (χ2v) is 8.43. The first-order chi connectivity index (χ1) is 14.0. The summed E-state index contributed by atoms with van der Waals surface area (Å²) in [6.45, 7) is 6.09. The van der Waals surface area contributed by atoms with Crippen LogP contribution in [0.15, 0.2) is 47.1 Å². The van der Waals surface area contributed by atoms with Crippen molar-refractivity contribution in [1.82, 2.24) is 5.32 Å². The van der Waals surface area contributed by atoms with Gasteiger partial charge in [-0.05, 0) is 55.5 Å². The van der Waals surface area contributed by atoms with Gasteiger partial charge in [-0.3, -0.25) is 4.79 Å². The van der Waals surface area contributed by atoms with Gasteiger partial charge in [-0.15, -0.1) is 0 Å². The molecular formula is C24H26ClNO3. The average Bonchev–Trinajstić information content (AvgIpc) is 3.14. The smallest absolute Gasteiger partial charge is 0.224 e. The Balaban J connectivity index is 1.49. The van der Waals surface area contributed by atoms with E-state index in [-0.39, 0.29) is 11.3 Å². The van der Waals surface area contributed by atoms with Gasteiger partial charge in [0, 0.05) is 41.1 Å². The monoisotopic (exact) mass is 411 g/mol. The summed E-state index contributed by atoms with van der Waals surface area (Å²) in [5.74, 6) is 0.00533. The minimum atomic E-state index is -0.120. The topological polar surface area (TPSA) is 51.5 Å². The van der Waals surface area contributed by atoms with Crippen molar-refractivity contribution in [3.63, 3.8) is 0 Å². The molecule has 4 rings (SSSR count). The zero-order chi connectivity index (χ0) is 20.4. The van der Waals surface area contributed by atoms with E-state index in [1.165, 1.54) is 11.1 Å². The Morgan fingerprint density at radius 2 is 1.83 bits per heavy atom. The van der Waals surface area contributed by atoms with Crippen LogP contribution in [-0.4, -0.2) is 25.7 Å². The number of nitrogens with one attached hydrogen (secondary N) is 1. The van der Waals surface area contributed by atoms with Gasteiger partial charge in [-0.1, -0.05) is 35.9 Å². The fourth-order valence-corrected chi connectivity index (χ4v) is 4.29. The number of rotatable bonds is 5. The molecule has 1 aliphatic rings. The molecule has 0 radical (unpaired) electrons. The van der Waals surface area contributed by atoms with Crippen molar-refractivity contribution < 1.29 is 13.9 Å². The molecule has 1 aromatic heterocycles. The maximum absolute atomic E-state index is 12.8. The van der Waals surface area contributed by atoms with E-state index in [2.05, 4.69) is 30.4 Å². The lowest BCUT2D eigenvalue weighted by Gasteiger charge is -2.38. The third-order valence-corrected chi connectivity index (χ3v) is 6.48. The van der Waals surface area contributed by atoms with Crippen molar-refractivity contribution >= 4 is 28.5 Å². The zero-order valence-electron chi connectivity index (χ0n) is 16.9. The fraction of sp³-hybridized carbons (Fsp3) is 0.375. The molecule has 1 fully saturated rings. The lowest BCUT2D eigenvalue weighted by Crippen LogP contribution is -2.45. The molecule has 4 nitrogen and oxygen atoms in total. The molecule has 1 amide bonds. The molecule has 0 saturated carbocycles. The van der Waals surface area contributed by atoms with Crippen molar-refractivity contribution in [3.8, 4) is 0 Å². The standard InChI is InChI=1S/C24H26ClNO3/c1-16-3-8-21-18(14-29-23(21)17(16)2)13-22(27)26-15-24(9-11-28-12-10-24)19-4-6-20(25)7-5-19/h3-8,14H,9-13,15H2,1-2H3,(H,26,27). The minimum absolute atomic E-state index is 0.00533. The minimum Gasteiger partial charge on any atom is -0.464 e. The molecule has 0 atom stereocenters. The van der Waals surface area contributed by atoms with E-state index in [1.54, 1.807) is 6.26 Å². The van der Waals surface area contributed by atoms with E-state index in [4.69, 9.17) is 20.8 Å². The first-order valence-electron chi connectivity index (χ1n) is 10.1. The molecule has 3 aromatic rings. The third-order valence-electron chi connectivity index (χ3n) is 6.22. The number of hydrogen-bond acceptors (Lipinski definition) is 3. The van der Waals surface area contributed by atoms with Crippen molar-refractivity contribution in [2.45, 2.75) is 38.5 Å². The van der Waals surface area contributed by atoms with E-state index >= 15 is 0 Å². The lowest BCUT2D eigenvalue weighted by atomic mass is 9.74. The second-order valence-electron chi connectivity index (χ2n) is 8.00. The van der Waals surface area contributed by atoms with Crippen molar-refractivity contribution in [1.29, 1.82) is 0 Å². The highest BCUT2D eigenvalue weighted by Crippen LogP contribution is 2.35. The van der Waals surface area contributed by atoms with Crippen LogP contribution in [0.2, 0.25) is 5.02 Å². The Morgan fingerprint density at radius 1 is 1.10 bits per heavy atom. The Morgan fingerprint density at radius 3 is 2.55 bits per heavy atom. The van der Waals surface area contributed by atoms with E-state index in [0.29, 0.717) is 26.2 Å². The van der Waals surface area contributed by atoms with Crippen molar-refractivity contribution in [2.75, 3.05) is 19.8 Å². The van der Waals surface area contributed by atoms with Gasteiger partial charge in [-0.2, -0.15) is 0 Å². The van der Waals surface area contributed by atoms with Gasteiger partial charge in [0.25, 0.3) is 0 Å². The first-order valence-corrected chi connectivity index (χ1v) is 10.4. The number of aryl methyl sites for hydroxylation is 2. The number of fused-ring (bicyclic) bond motifs is 1. The first kappa shape index (κ1) is 20.0. The summed E-state index contributed by atoms with van der Waals surface area (Å²) in [7, 11) is 0. The highest BCUT2D eigenvalue weighted by atomic mass is 35.5. The molecule has 0 bridgehead atoms. The van der Waals surface area contributed by atoms with Crippen LogP contribution in [-0.2, 0) is 21.4 Å². The van der Waals surface area contributed by atoms with E-state index < -0.39 is 0 Å². The van der Waals surface area contributed by atoms with Crippen LogP contribution in [0, 0.1) is 13.8 Å². The number of ether oxygens (including phenoxy) is 1. The lowest BCUT2D eigenvalue weighted by molar-refractivity contribution is -0.120. The maximum atomic E-state index is 12.8. The van der Waals surface area contributed by atoms with Crippen LogP contribution in [0.25, 0.3) is 11.0 Å². The zero-order valence-corrected chi connectivity index (χ0v) is 17.6. The molecule has 0 spiro atoms. The third kappa shape index (κ3) is 4.05. The molecule has 152 valence electrons. The summed E-state index contributed by atoms with van der Waals surface area (Å²) < 4.78 is 11.3. The predicted octanol–water partition coefficient (Wildman–Crippen LogP) is 5.11. The molecule has 1 aliphatic heterocycles. The van der Waals surface area contributed by atoms with Gasteiger partial charge in [0.2, 0.25) is 5.91 Å². The summed E-state index contributed by atoms with van der Waals surface area (Å²) in [6.07, 6.45) is 3.77. The molecule has 2 heterocycles. The summed E-state index contributed by atoms with van der Waals surface area (Å²) in [6, 6.07) is 12.1. The predicted molar refractivity (Wildman–Crippen MR) is 116 cm³/mol. The summed E-state index contributed by atoms with van der Waals surface area (Å²) >= 11 is 6.07. The van der Waals surface area contributed by atoms with Gasteiger partial charge in [0.05, 0.1) is 12.7 Å². The highest BCUT2D eigenvalue weighted by molar-refractivity contribution is 6.30. The number of benzene rings is 2. The molecule has 0 unspecified atom stereocenters. The van der Waals surface area contributed by atoms with Gasteiger partial charge in [-0.25, -0.2) is 0 Å². The highest BCUT2D eigenvalue weighted by Gasteiger charge is 2.34. The van der Waals surface area contributed by atoms with Gasteiger partial charge >= 0.3 is 0 Å². The van der Waals surface area contributed by atoms with Gasteiger partial charge in [0.1, 0.15) is 5.58 Å². The van der Waals surface area contributed by atoms with Crippen LogP contribution in [0.5, 0.6) is 0 Å². The summed E-state index contributed by atoms with van der Waals surface area (Å²) in [5, 5.41) is 4.90. The number of hydrogen-bond donors (Lipinski definition) is 1. The number of carbonyl (C=O) groups excluding carboxylic acids is 1. The Hall–Kier alpha value is -2.30. The molecule has 2 aromatic carbocycles. The summed E-state index contributed by atoms with van der Waals surface area (Å²) in [4.78, 5) is 12.8. The van der Waals surface area contributed by atoms with Gasteiger partial charge in [0.15, 0.2) is 0 Å². The Bertz CT molecular complexity index is 1020. The molecular weight excluding hydrogens is 386 g/mol. The Labute approximate surface area is 176 Å². The molecule has 5 heteroatoms. The molecule has 1 N–H and O–H groups in total. The van der Waals surface area contributed by atoms with E-state index in [1.807, 2.05) is 25.1 Å². The fourth-order valence-electron chi connectivity index (χ4n) is 4.16.